The zero-order valence-electron chi connectivity index (χ0n) is 17.7. The molecule has 1 N–H and O–H groups in total. The summed E-state index contributed by atoms with van der Waals surface area (Å²) in [6.07, 6.45) is 5.98. The number of nitrogens with zero attached hydrogens (tertiary/aromatic N) is 6. The van der Waals surface area contributed by atoms with Gasteiger partial charge in [0.1, 0.15) is 11.6 Å². The third-order valence-electron chi connectivity index (χ3n) is 5.35. The van der Waals surface area contributed by atoms with Gasteiger partial charge in [0.2, 0.25) is 11.9 Å². The summed E-state index contributed by atoms with van der Waals surface area (Å²) in [6.45, 7) is 7.09. The summed E-state index contributed by atoms with van der Waals surface area (Å²) in [6, 6.07) is 7.91. The minimum atomic E-state index is 0.0127. The molecule has 3 aromatic heterocycles. The van der Waals surface area contributed by atoms with Crippen LogP contribution in [0, 0.1) is 20.8 Å². The average Bonchev–Trinajstić information content (AvgIpc) is 3.36. The summed E-state index contributed by atoms with van der Waals surface area (Å²) < 4.78 is 1.96. The number of carbonyl (C=O) groups excluding carboxylic acids is 1. The van der Waals surface area contributed by atoms with Crippen LogP contribution in [0.25, 0.3) is 5.82 Å². The number of rotatable bonds is 6. The molecule has 4 rings (SSSR count). The van der Waals surface area contributed by atoms with E-state index in [9.17, 15) is 4.79 Å². The minimum Gasteiger partial charge on any atom is -0.354 e. The van der Waals surface area contributed by atoms with Crippen LogP contribution in [-0.2, 0) is 4.79 Å². The first-order valence-electron chi connectivity index (χ1n) is 10.3. The molecule has 1 aliphatic heterocycles. The minimum absolute atomic E-state index is 0.0127. The highest BCUT2D eigenvalue weighted by Gasteiger charge is 2.30. The van der Waals surface area contributed by atoms with Crippen LogP contribution in [0.5, 0.6) is 0 Å². The van der Waals surface area contributed by atoms with Crippen LogP contribution in [0.1, 0.15) is 48.2 Å². The standard InChI is InChI=1S/C22H27N7O/c1-15-14-16(2)26-22(25-15)24-10-9-21(30)29-12-5-7-19(29)18-6-4-8-20(27-18)28-13-11-23-17(28)3/h4,6,8,11,13-14,19H,5,7,9-10,12H2,1-3H3,(H,24,25,26)/t19-/m1/s1. The zero-order valence-corrected chi connectivity index (χ0v) is 17.7. The molecule has 1 atom stereocenters. The van der Waals surface area contributed by atoms with Gasteiger partial charge < -0.3 is 10.2 Å². The monoisotopic (exact) mass is 405 g/mol. The van der Waals surface area contributed by atoms with Gasteiger partial charge in [-0.05, 0) is 51.8 Å². The van der Waals surface area contributed by atoms with Crippen LogP contribution >= 0.6 is 0 Å². The quantitative estimate of drug-likeness (QED) is 0.678. The van der Waals surface area contributed by atoms with Crippen molar-refractivity contribution in [1.82, 2.24) is 29.4 Å². The van der Waals surface area contributed by atoms with Crippen LogP contribution in [0.4, 0.5) is 5.95 Å². The lowest BCUT2D eigenvalue weighted by atomic mass is 10.1. The van der Waals surface area contributed by atoms with Crippen molar-refractivity contribution in [3.8, 4) is 5.82 Å². The second-order valence-electron chi connectivity index (χ2n) is 7.66. The summed E-state index contributed by atoms with van der Waals surface area (Å²) in [5.41, 5.74) is 2.75. The smallest absolute Gasteiger partial charge is 0.224 e. The van der Waals surface area contributed by atoms with E-state index >= 15 is 0 Å². The first kappa shape index (κ1) is 20.0. The Morgan fingerprint density at radius 2 is 1.97 bits per heavy atom. The van der Waals surface area contributed by atoms with Crippen molar-refractivity contribution in [2.45, 2.75) is 46.1 Å². The van der Waals surface area contributed by atoms with Crippen LogP contribution in [0.2, 0.25) is 0 Å². The second kappa shape index (κ2) is 8.61. The van der Waals surface area contributed by atoms with E-state index in [1.54, 1.807) is 6.20 Å². The van der Waals surface area contributed by atoms with E-state index in [4.69, 9.17) is 4.98 Å². The first-order chi connectivity index (χ1) is 14.5. The lowest BCUT2D eigenvalue weighted by Crippen LogP contribution is -2.32. The Bertz CT molecular complexity index is 1030. The highest BCUT2D eigenvalue weighted by atomic mass is 16.2. The summed E-state index contributed by atoms with van der Waals surface area (Å²) >= 11 is 0. The van der Waals surface area contributed by atoms with Crippen molar-refractivity contribution in [3.05, 3.63) is 59.6 Å². The molecule has 156 valence electrons. The van der Waals surface area contributed by atoms with Gasteiger partial charge >= 0.3 is 0 Å². The number of imidazole rings is 1. The van der Waals surface area contributed by atoms with Gasteiger partial charge in [0, 0.05) is 43.3 Å². The molecule has 0 bridgehead atoms. The molecule has 4 heterocycles. The fourth-order valence-corrected chi connectivity index (χ4v) is 3.98. The molecule has 0 saturated carbocycles. The van der Waals surface area contributed by atoms with E-state index < -0.39 is 0 Å². The SMILES string of the molecule is Cc1cc(C)nc(NCCC(=O)N2CCC[C@@H]2c2cccc(-n3ccnc3C)n2)n1. The summed E-state index contributed by atoms with van der Waals surface area (Å²) in [5.74, 6) is 2.41. The van der Waals surface area contributed by atoms with E-state index in [0.29, 0.717) is 18.9 Å². The van der Waals surface area contributed by atoms with Crippen molar-refractivity contribution in [2.24, 2.45) is 0 Å². The number of anilines is 1. The highest BCUT2D eigenvalue weighted by molar-refractivity contribution is 5.77. The van der Waals surface area contributed by atoms with Crippen LogP contribution in [0.15, 0.2) is 36.7 Å². The number of carbonyl (C=O) groups is 1. The van der Waals surface area contributed by atoms with E-state index in [-0.39, 0.29) is 11.9 Å². The van der Waals surface area contributed by atoms with Crippen molar-refractivity contribution in [3.63, 3.8) is 0 Å². The fourth-order valence-electron chi connectivity index (χ4n) is 3.98. The molecule has 0 aromatic carbocycles. The number of hydrogen-bond donors (Lipinski definition) is 1. The maximum Gasteiger partial charge on any atom is 0.224 e. The molecule has 8 heteroatoms. The third kappa shape index (κ3) is 4.32. The lowest BCUT2D eigenvalue weighted by molar-refractivity contribution is -0.131. The van der Waals surface area contributed by atoms with E-state index in [1.165, 1.54) is 0 Å². The number of amides is 1. The number of pyridine rings is 1. The normalized spacial score (nSPS) is 16.1. The van der Waals surface area contributed by atoms with Gasteiger partial charge in [-0.3, -0.25) is 9.36 Å². The third-order valence-corrected chi connectivity index (χ3v) is 5.35. The molecule has 8 nitrogen and oxygen atoms in total. The Balaban J connectivity index is 1.42. The van der Waals surface area contributed by atoms with Crippen molar-refractivity contribution in [2.75, 3.05) is 18.4 Å². The molecule has 1 aliphatic rings. The Labute approximate surface area is 176 Å². The molecule has 0 aliphatic carbocycles. The number of aromatic nitrogens is 5. The molecule has 1 amide bonds. The van der Waals surface area contributed by atoms with Gasteiger partial charge in [-0.15, -0.1) is 0 Å². The van der Waals surface area contributed by atoms with Gasteiger partial charge in [-0.2, -0.15) is 0 Å². The fraction of sp³-hybridized carbons (Fsp3) is 0.409. The van der Waals surface area contributed by atoms with E-state index in [1.807, 2.05) is 60.7 Å². The van der Waals surface area contributed by atoms with Crippen molar-refractivity contribution < 1.29 is 4.79 Å². The molecule has 0 unspecified atom stereocenters. The van der Waals surface area contributed by atoms with Crippen LogP contribution in [0.3, 0.4) is 0 Å². The number of hydrogen-bond acceptors (Lipinski definition) is 6. The summed E-state index contributed by atoms with van der Waals surface area (Å²) in [5, 5.41) is 3.17. The lowest BCUT2D eigenvalue weighted by Gasteiger charge is -2.25. The Morgan fingerprint density at radius 1 is 1.17 bits per heavy atom. The largest absolute Gasteiger partial charge is 0.354 e. The Kier molecular flexibility index (Phi) is 5.74. The molecule has 0 radical (unpaired) electrons. The maximum atomic E-state index is 12.9. The molecular weight excluding hydrogens is 378 g/mol. The molecule has 3 aromatic rings. The molecule has 1 fully saturated rings. The number of likely N-dealkylation sites (tertiary alicyclic amines) is 1. The number of nitrogens with one attached hydrogen (secondary N) is 1. The maximum absolute atomic E-state index is 12.9. The molecule has 0 spiro atoms. The Hall–Kier alpha value is -3.29. The van der Waals surface area contributed by atoms with Gasteiger partial charge in [-0.25, -0.2) is 19.9 Å². The topological polar surface area (TPSA) is 88.8 Å². The summed E-state index contributed by atoms with van der Waals surface area (Å²) in [4.78, 5) is 32.7. The molecule has 30 heavy (non-hydrogen) atoms. The number of aryl methyl sites for hydroxylation is 3. The predicted octanol–water partition coefficient (Wildman–Crippen LogP) is 3.15. The molecule has 1 saturated heterocycles. The van der Waals surface area contributed by atoms with Crippen molar-refractivity contribution >= 4 is 11.9 Å². The van der Waals surface area contributed by atoms with Gasteiger partial charge in [0.15, 0.2) is 0 Å². The first-order valence-corrected chi connectivity index (χ1v) is 10.3. The molecular formula is C22H27N7O. The van der Waals surface area contributed by atoms with Crippen LogP contribution < -0.4 is 5.32 Å². The van der Waals surface area contributed by atoms with Gasteiger partial charge in [-0.1, -0.05) is 6.07 Å². The van der Waals surface area contributed by atoms with Crippen LogP contribution in [-0.4, -0.2) is 48.4 Å². The highest BCUT2D eigenvalue weighted by Crippen LogP contribution is 2.31. The van der Waals surface area contributed by atoms with Gasteiger partial charge in [0.25, 0.3) is 0 Å². The predicted molar refractivity (Wildman–Crippen MR) is 114 cm³/mol. The van der Waals surface area contributed by atoms with Crippen molar-refractivity contribution in [1.29, 1.82) is 0 Å². The second-order valence-corrected chi connectivity index (χ2v) is 7.66. The van der Waals surface area contributed by atoms with Gasteiger partial charge in [0.05, 0.1) is 11.7 Å². The summed E-state index contributed by atoms with van der Waals surface area (Å²) in [7, 11) is 0. The Morgan fingerprint density at radius 3 is 2.70 bits per heavy atom. The van der Waals surface area contributed by atoms with E-state index in [0.717, 1.165) is 48.1 Å². The zero-order chi connectivity index (χ0) is 21.1. The average molecular weight is 406 g/mol. The van der Waals surface area contributed by atoms with E-state index in [2.05, 4.69) is 20.3 Å².